The summed E-state index contributed by atoms with van der Waals surface area (Å²) in [5, 5.41) is 10.6. The molecule has 0 atom stereocenters. The van der Waals surface area contributed by atoms with Crippen molar-refractivity contribution in [2.75, 3.05) is 7.11 Å². The lowest BCUT2D eigenvalue weighted by molar-refractivity contribution is 0.411. The molecule has 6 nitrogen and oxygen atoms in total. The molecule has 136 valence electrons. The lowest BCUT2D eigenvalue weighted by Crippen LogP contribution is -2.22. The highest BCUT2D eigenvalue weighted by Gasteiger charge is 2.17. The van der Waals surface area contributed by atoms with Crippen molar-refractivity contribution in [3.8, 4) is 17.5 Å². The average molecular weight is 386 g/mol. The van der Waals surface area contributed by atoms with E-state index in [1.807, 2.05) is 30.3 Å². The van der Waals surface area contributed by atoms with E-state index in [0.717, 1.165) is 0 Å². The van der Waals surface area contributed by atoms with Gasteiger partial charge in [-0.05, 0) is 48.2 Å². The zero-order valence-electron chi connectivity index (χ0n) is 14.9. The van der Waals surface area contributed by atoms with E-state index in [0.29, 0.717) is 38.2 Å². The monoisotopic (exact) mass is 386 g/mol. The fourth-order valence-electron chi connectivity index (χ4n) is 2.84. The molecule has 7 heteroatoms. The molecule has 0 unspecified atom stereocenters. The van der Waals surface area contributed by atoms with Crippen molar-refractivity contribution >= 4 is 22.7 Å². The van der Waals surface area contributed by atoms with Crippen LogP contribution >= 0.6 is 11.8 Å². The van der Waals surface area contributed by atoms with Crippen molar-refractivity contribution in [2.45, 2.75) is 10.2 Å². The molecule has 0 amide bonds. The molecule has 0 bridgehead atoms. The van der Waals surface area contributed by atoms with E-state index in [-0.39, 0.29) is 5.56 Å². The van der Waals surface area contributed by atoms with Gasteiger partial charge in [0.25, 0.3) is 5.56 Å². The topological polar surface area (TPSA) is 80.8 Å². The van der Waals surface area contributed by atoms with Gasteiger partial charge in [0.1, 0.15) is 22.5 Å². The Bertz CT molecular complexity index is 1280. The second-order valence-electron chi connectivity index (χ2n) is 5.80. The Balaban J connectivity index is 1.99. The molecule has 0 spiro atoms. The van der Waals surface area contributed by atoms with Gasteiger partial charge in [-0.1, -0.05) is 30.3 Å². The van der Waals surface area contributed by atoms with Crippen molar-refractivity contribution in [3.05, 3.63) is 82.8 Å². The number of nitrogens with zero attached hydrogens (tertiary/aromatic N) is 4. The minimum absolute atomic E-state index is 0.200. The van der Waals surface area contributed by atoms with Crippen LogP contribution in [0.25, 0.3) is 16.6 Å². The Hall–Kier alpha value is -3.63. The molecule has 0 saturated carbocycles. The lowest BCUT2D eigenvalue weighted by atomic mass is 10.2. The molecule has 0 N–H and O–H groups in total. The summed E-state index contributed by atoms with van der Waals surface area (Å²) in [4.78, 5) is 22.3. The van der Waals surface area contributed by atoms with Crippen LogP contribution in [0.15, 0.2) is 81.7 Å². The van der Waals surface area contributed by atoms with Crippen LogP contribution in [0.2, 0.25) is 0 Å². The van der Waals surface area contributed by atoms with Crippen LogP contribution in [-0.2, 0) is 0 Å². The third-order valence-electron chi connectivity index (χ3n) is 4.10. The van der Waals surface area contributed by atoms with Gasteiger partial charge >= 0.3 is 0 Å². The number of pyridine rings is 1. The largest absolute Gasteiger partial charge is 0.495 e. The van der Waals surface area contributed by atoms with E-state index in [1.54, 1.807) is 49.6 Å². The first kappa shape index (κ1) is 17.8. The molecule has 0 radical (unpaired) electrons. The molecule has 0 saturated heterocycles. The number of aromatic nitrogens is 3. The SMILES string of the molecule is COc1ccccc1-n1c(Sc2cccc(C#N)n2)nc2ccccc2c1=O. The Morgan fingerprint density at radius 1 is 1.00 bits per heavy atom. The number of ether oxygens (including phenoxy) is 1. The van der Waals surface area contributed by atoms with Gasteiger partial charge in [0, 0.05) is 0 Å². The van der Waals surface area contributed by atoms with Crippen LogP contribution in [0.5, 0.6) is 5.75 Å². The minimum Gasteiger partial charge on any atom is -0.495 e. The van der Waals surface area contributed by atoms with Gasteiger partial charge in [-0.15, -0.1) is 0 Å². The van der Waals surface area contributed by atoms with E-state index in [9.17, 15) is 4.79 Å². The summed E-state index contributed by atoms with van der Waals surface area (Å²) in [5.74, 6) is 0.558. The molecule has 4 aromatic rings. The first-order chi connectivity index (χ1) is 13.7. The fraction of sp³-hybridized carbons (Fsp3) is 0.0476. The van der Waals surface area contributed by atoms with Gasteiger partial charge in [-0.2, -0.15) is 5.26 Å². The minimum atomic E-state index is -0.200. The van der Waals surface area contributed by atoms with Crippen LogP contribution in [-0.4, -0.2) is 21.6 Å². The highest BCUT2D eigenvalue weighted by atomic mass is 32.2. The molecule has 28 heavy (non-hydrogen) atoms. The van der Waals surface area contributed by atoms with Gasteiger partial charge in [0.15, 0.2) is 5.16 Å². The zero-order valence-corrected chi connectivity index (χ0v) is 15.7. The van der Waals surface area contributed by atoms with Crippen molar-refractivity contribution in [1.82, 2.24) is 14.5 Å². The van der Waals surface area contributed by atoms with Gasteiger partial charge in [-0.25, -0.2) is 9.97 Å². The number of benzene rings is 2. The van der Waals surface area contributed by atoms with E-state index in [2.05, 4.69) is 9.97 Å². The molecular formula is C21H14N4O2S. The van der Waals surface area contributed by atoms with Crippen LogP contribution in [0.1, 0.15) is 5.69 Å². The number of hydrogen-bond donors (Lipinski definition) is 0. The van der Waals surface area contributed by atoms with Crippen molar-refractivity contribution in [1.29, 1.82) is 5.26 Å². The number of fused-ring (bicyclic) bond motifs is 1. The average Bonchev–Trinajstić information content (AvgIpc) is 2.74. The van der Waals surface area contributed by atoms with E-state index in [1.165, 1.54) is 16.3 Å². The predicted molar refractivity (Wildman–Crippen MR) is 107 cm³/mol. The Labute approximate surface area is 165 Å². The first-order valence-electron chi connectivity index (χ1n) is 8.41. The fourth-order valence-corrected chi connectivity index (χ4v) is 3.73. The summed E-state index contributed by atoms with van der Waals surface area (Å²) < 4.78 is 6.97. The normalized spacial score (nSPS) is 10.6. The predicted octanol–water partition coefficient (Wildman–Crippen LogP) is 3.81. The maximum absolute atomic E-state index is 13.3. The van der Waals surface area contributed by atoms with Gasteiger partial charge in [0.05, 0.1) is 23.7 Å². The highest BCUT2D eigenvalue weighted by Crippen LogP contribution is 2.30. The summed E-state index contributed by atoms with van der Waals surface area (Å²) >= 11 is 1.22. The number of hydrogen-bond acceptors (Lipinski definition) is 6. The summed E-state index contributed by atoms with van der Waals surface area (Å²) in [5.41, 5.74) is 1.29. The third kappa shape index (κ3) is 3.21. The highest BCUT2D eigenvalue weighted by molar-refractivity contribution is 7.99. The smallest absolute Gasteiger partial charge is 0.266 e. The van der Waals surface area contributed by atoms with E-state index >= 15 is 0 Å². The lowest BCUT2D eigenvalue weighted by Gasteiger charge is -2.15. The Kier molecular flexibility index (Phi) is 4.79. The zero-order chi connectivity index (χ0) is 19.5. The second-order valence-corrected chi connectivity index (χ2v) is 6.79. The maximum atomic E-state index is 13.3. The van der Waals surface area contributed by atoms with E-state index in [4.69, 9.17) is 10.00 Å². The maximum Gasteiger partial charge on any atom is 0.266 e. The van der Waals surface area contributed by atoms with Crippen molar-refractivity contribution < 1.29 is 4.74 Å². The number of para-hydroxylation sites is 3. The van der Waals surface area contributed by atoms with Gasteiger partial charge in [-0.3, -0.25) is 9.36 Å². The van der Waals surface area contributed by atoms with Crippen molar-refractivity contribution in [3.63, 3.8) is 0 Å². The standard InChI is InChI=1S/C21H14N4O2S/c1-27-18-11-5-4-10-17(18)25-20(26)15-8-2-3-9-16(15)24-21(25)28-19-12-6-7-14(13-22)23-19/h2-12H,1H3. The molecule has 0 fully saturated rings. The molecule has 2 aromatic heterocycles. The van der Waals surface area contributed by atoms with E-state index < -0.39 is 0 Å². The number of rotatable bonds is 4. The molecule has 2 aromatic carbocycles. The summed E-state index contributed by atoms with van der Waals surface area (Å²) in [6.07, 6.45) is 0. The number of nitriles is 1. The van der Waals surface area contributed by atoms with Crippen molar-refractivity contribution in [2.24, 2.45) is 0 Å². The second kappa shape index (κ2) is 7.55. The molecule has 2 heterocycles. The summed E-state index contributed by atoms with van der Waals surface area (Å²) in [6, 6.07) is 21.7. The molecular weight excluding hydrogens is 372 g/mol. The number of methoxy groups -OCH3 is 1. The third-order valence-corrected chi connectivity index (χ3v) is 5.00. The summed E-state index contributed by atoms with van der Waals surface area (Å²) in [7, 11) is 1.56. The van der Waals surface area contributed by atoms with Crippen LogP contribution in [0.4, 0.5) is 0 Å². The van der Waals surface area contributed by atoms with Gasteiger partial charge in [0.2, 0.25) is 0 Å². The molecule has 0 aliphatic heterocycles. The Morgan fingerprint density at radius 2 is 1.79 bits per heavy atom. The first-order valence-corrected chi connectivity index (χ1v) is 9.23. The molecule has 4 rings (SSSR count). The van der Waals surface area contributed by atoms with Crippen LogP contribution in [0, 0.1) is 11.3 Å². The molecule has 0 aliphatic rings. The molecule has 0 aliphatic carbocycles. The Morgan fingerprint density at radius 3 is 2.61 bits per heavy atom. The van der Waals surface area contributed by atoms with Crippen LogP contribution in [0.3, 0.4) is 0 Å². The summed E-state index contributed by atoms with van der Waals surface area (Å²) in [6.45, 7) is 0. The van der Waals surface area contributed by atoms with Gasteiger partial charge < -0.3 is 4.74 Å². The van der Waals surface area contributed by atoms with Crippen LogP contribution < -0.4 is 10.3 Å². The quantitative estimate of drug-likeness (QED) is 0.496.